The number of hydrogen-bond donors (Lipinski definition) is 0. The van der Waals surface area contributed by atoms with Crippen molar-refractivity contribution >= 4 is 5.97 Å². The Morgan fingerprint density at radius 2 is 1.90 bits per heavy atom. The Kier molecular flexibility index (Phi) is 4.90. The Hall–Kier alpha value is -1.72. The largest absolute Gasteiger partial charge is 0.493 e. The maximum Gasteiger partial charge on any atom is 0.341 e. The van der Waals surface area contributed by atoms with Gasteiger partial charge in [-0.25, -0.2) is 18.0 Å². The van der Waals surface area contributed by atoms with E-state index in [1.165, 1.54) is 12.1 Å². The lowest BCUT2D eigenvalue weighted by molar-refractivity contribution is -0.249. The Morgan fingerprint density at radius 1 is 1.17 bits per heavy atom. The molecular weight excluding hydrogens is 381 g/mol. The normalized spacial score (nSPS) is 28.3. The molecule has 3 aliphatic carbocycles. The van der Waals surface area contributed by atoms with Gasteiger partial charge in [-0.3, -0.25) is 0 Å². The first-order valence-electron chi connectivity index (χ1n) is 10.6. The summed E-state index contributed by atoms with van der Waals surface area (Å²) in [6, 6.07) is 2.76. The van der Waals surface area contributed by atoms with Crippen LogP contribution in [0.1, 0.15) is 87.6 Å². The second kappa shape index (κ2) is 6.92. The zero-order valence-corrected chi connectivity index (χ0v) is 17.3. The Bertz CT molecular complexity index is 810. The zero-order valence-electron chi connectivity index (χ0n) is 17.3. The zero-order chi connectivity index (χ0) is 21.0. The lowest BCUT2D eigenvalue weighted by Crippen LogP contribution is -2.60. The van der Waals surface area contributed by atoms with E-state index < -0.39 is 34.6 Å². The van der Waals surface area contributed by atoms with Gasteiger partial charge in [0.05, 0.1) is 12.2 Å². The summed E-state index contributed by atoms with van der Waals surface area (Å²) in [6.07, 6.45) is 4.75. The predicted octanol–water partition coefficient (Wildman–Crippen LogP) is 6.25. The van der Waals surface area contributed by atoms with Crippen molar-refractivity contribution in [3.63, 3.8) is 0 Å². The van der Waals surface area contributed by atoms with Crippen LogP contribution in [-0.2, 0) is 4.74 Å². The van der Waals surface area contributed by atoms with Crippen molar-refractivity contribution in [1.82, 2.24) is 0 Å². The van der Waals surface area contributed by atoms with Crippen molar-refractivity contribution in [3.05, 3.63) is 29.1 Å². The van der Waals surface area contributed by atoms with Crippen LogP contribution < -0.4 is 4.74 Å². The molecule has 0 radical (unpaired) electrons. The fraction of sp³-hybridized carbons (Fsp3) is 0.696. The van der Waals surface area contributed by atoms with E-state index in [0.29, 0.717) is 12.2 Å². The third-order valence-electron chi connectivity index (χ3n) is 6.50. The molecule has 0 saturated heterocycles. The monoisotopic (exact) mass is 410 g/mol. The minimum absolute atomic E-state index is 0.0990. The van der Waals surface area contributed by atoms with Crippen LogP contribution >= 0.6 is 0 Å². The SMILES string of the molecule is CC(C)(C)OC(=O)c1cc(C2CC2)c(OCC23CCCCC2C(F)(F)C3)cc1F. The summed E-state index contributed by atoms with van der Waals surface area (Å²) in [5.74, 6) is -4.06. The van der Waals surface area contributed by atoms with Gasteiger partial charge in [-0.2, -0.15) is 0 Å². The smallest absolute Gasteiger partial charge is 0.341 e. The highest BCUT2D eigenvalue weighted by Gasteiger charge is 2.66. The van der Waals surface area contributed by atoms with Crippen LogP contribution in [-0.4, -0.2) is 24.1 Å². The average Bonchev–Trinajstić information content (AvgIpc) is 3.42. The minimum Gasteiger partial charge on any atom is -0.493 e. The van der Waals surface area contributed by atoms with E-state index in [2.05, 4.69) is 0 Å². The van der Waals surface area contributed by atoms with Gasteiger partial charge in [0.25, 0.3) is 5.92 Å². The number of rotatable bonds is 5. The standard InChI is InChI=1S/C23H29F3O3/c1-21(2,3)29-20(27)16-10-15(14-7-8-14)18(11-17(16)24)28-13-22-9-5-4-6-19(22)23(25,26)12-22/h10-11,14,19H,4-9,12-13H2,1-3H3. The van der Waals surface area contributed by atoms with Crippen molar-refractivity contribution < 1.29 is 27.4 Å². The van der Waals surface area contributed by atoms with E-state index in [4.69, 9.17) is 9.47 Å². The molecule has 3 nitrogen and oxygen atoms in total. The highest BCUT2D eigenvalue weighted by atomic mass is 19.3. The van der Waals surface area contributed by atoms with Crippen LogP contribution in [0.2, 0.25) is 0 Å². The Morgan fingerprint density at radius 3 is 2.52 bits per heavy atom. The summed E-state index contributed by atoms with van der Waals surface area (Å²) in [7, 11) is 0. The van der Waals surface area contributed by atoms with Crippen molar-refractivity contribution in [1.29, 1.82) is 0 Å². The van der Waals surface area contributed by atoms with E-state index in [1.807, 2.05) is 0 Å². The predicted molar refractivity (Wildman–Crippen MR) is 103 cm³/mol. The molecule has 2 atom stereocenters. The lowest BCUT2D eigenvalue weighted by atomic mass is 9.52. The second-order valence-electron chi connectivity index (χ2n) is 10.0. The van der Waals surface area contributed by atoms with Gasteiger partial charge in [0.1, 0.15) is 17.2 Å². The van der Waals surface area contributed by atoms with Gasteiger partial charge < -0.3 is 9.47 Å². The molecule has 0 N–H and O–H groups in total. The maximum atomic E-state index is 14.7. The fourth-order valence-corrected chi connectivity index (χ4v) is 4.98. The number of ether oxygens (including phenoxy) is 2. The van der Waals surface area contributed by atoms with Gasteiger partial charge in [-0.1, -0.05) is 12.8 Å². The molecule has 1 aromatic carbocycles. The fourth-order valence-electron chi connectivity index (χ4n) is 4.98. The molecule has 0 amide bonds. The third kappa shape index (κ3) is 3.99. The Labute approximate surface area is 170 Å². The van der Waals surface area contributed by atoms with Gasteiger partial charge in [0.15, 0.2) is 0 Å². The van der Waals surface area contributed by atoms with Crippen molar-refractivity contribution in [2.45, 2.75) is 83.2 Å². The molecule has 1 aromatic rings. The van der Waals surface area contributed by atoms with E-state index in [0.717, 1.165) is 37.7 Å². The molecule has 3 fully saturated rings. The van der Waals surface area contributed by atoms with E-state index in [-0.39, 0.29) is 24.5 Å². The topological polar surface area (TPSA) is 35.5 Å². The average molecular weight is 410 g/mol. The van der Waals surface area contributed by atoms with Crippen LogP contribution in [0.25, 0.3) is 0 Å². The van der Waals surface area contributed by atoms with Gasteiger partial charge in [0, 0.05) is 23.8 Å². The molecule has 6 heteroatoms. The van der Waals surface area contributed by atoms with E-state index in [9.17, 15) is 18.0 Å². The molecule has 0 bridgehead atoms. The molecule has 29 heavy (non-hydrogen) atoms. The van der Waals surface area contributed by atoms with E-state index >= 15 is 0 Å². The summed E-state index contributed by atoms with van der Waals surface area (Å²) in [5, 5.41) is 0. The summed E-state index contributed by atoms with van der Waals surface area (Å²) < 4.78 is 54.1. The number of carbonyl (C=O) groups excluding carboxylic acids is 1. The van der Waals surface area contributed by atoms with Gasteiger partial charge >= 0.3 is 5.97 Å². The van der Waals surface area contributed by atoms with Crippen molar-refractivity contribution in [2.24, 2.45) is 11.3 Å². The van der Waals surface area contributed by atoms with Crippen LogP contribution in [0.3, 0.4) is 0 Å². The maximum absolute atomic E-state index is 14.7. The minimum atomic E-state index is -2.62. The molecule has 2 unspecified atom stereocenters. The number of benzene rings is 1. The number of halogens is 3. The number of carbonyl (C=O) groups is 1. The highest BCUT2D eigenvalue weighted by Crippen LogP contribution is 2.63. The quantitative estimate of drug-likeness (QED) is 0.538. The molecule has 3 saturated carbocycles. The molecule has 0 aliphatic heterocycles. The number of fused-ring (bicyclic) bond motifs is 1. The lowest BCUT2D eigenvalue weighted by Gasteiger charge is -2.57. The molecule has 3 aliphatic rings. The van der Waals surface area contributed by atoms with Crippen LogP contribution in [0.15, 0.2) is 12.1 Å². The first kappa shape index (κ1) is 20.5. The highest BCUT2D eigenvalue weighted by molar-refractivity contribution is 5.90. The molecule has 160 valence electrons. The second-order valence-corrected chi connectivity index (χ2v) is 10.0. The van der Waals surface area contributed by atoms with Gasteiger partial charge in [-0.05, 0) is 64.0 Å². The number of esters is 1. The van der Waals surface area contributed by atoms with Gasteiger partial charge in [-0.15, -0.1) is 0 Å². The summed E-state index contributed by atoms with van der Waals surface area (Å²) in [6.45, 7) is 5.38. The molecular formula is C23H29F3O3. The molecule has 0 aromatic heterocycles. The summed E-state index contributed by atoms with van der Waals surface area (Å²) in [4.78, 5) is 12.4. The summed E-state index contributed by atoms with van der Waals surface area (Å²) in [5.41, 5.74) is -0.550. The van der Waals surface area contributed by atoms with Crippen LogP contribution in [0.4, 0.5) is 13.2 Å². The van der Waals surface area contributed by atoms with Crippen molar-refractivity contribution in [3.8, 4) is 5.75 Å². The molecule has 4 rings (SSSR count). The molecule has 0 spiro atoms. The number of hydrogen-bond acceptors (Lipinski definition) is 3. The van der Waals surface area contributed by atoms with E-state index in [1.54, 1.807) is 20.8 Å². The first-order valence-corrected chi connectivity index (χ1v) is 10.6. The van der Waals surface area contributed by atoms with Crippen molar-refractivity contribution in [2.75, 3.05) is 6.61 Å². The third-order valence-corrected chi connectivity index (χ3v) is 6.50. The first-order chi connectivity index (χ1) is 13.5. The Balaban J connectivity index is 1.55. The van der Waals surface area contributed by atoms with Gasteiger partial charge in [0.2, 0.25) is 0 Å². The van der Waals surface area contributed by atoms with Crippen LogP contribution in [0.5, 0.6) is 5.75 Å². The molecule has 0 heterocycles. The number of alkyl halides is 2. The summed E-state index contributed by atoms with van der Waals surface area (Å²) >= 11 is 0. The van der Waals surface area contributed by atoms with Crippen LogP contribution in [0, 0.1) is 17.2 Å².